The number of fused-ring (bicyclic) bond motifs is 3. The van der Waals surface area contributed by atoms with E-state index < -0.39 is 25.9 Å². The first kappa shape index (κ1) is 24.9. The number of hydrogen-bond donors (Lipinski definition) is 1. The summed E-state index contributed by atoms with van der Waals surface area (Å²) in [7, 11) is 3.26. The van der Waals surface area contributed by atoms with Gasteiger partial charge in [-0.25, -0.2) is 18.2 Å². The number of ether oxygens (including phenoxy) is 4. The Bertz CT molecular complexity index is 1160. The van der Waals surface area contributed by atoms with Gasteiger partial charge in [0.25, 0.3) is 5.91 Å². The number of methoxy groups -OCH3 is 1. The van der Waals surface area contributed by atoms with Gasteiger partial charge in [0, 0.05) is 18.0 Å². The number of benzene rings is 2. The van der Waals surface area contributed by atoms with Crippen LogP contribution in [0.5, 0.6) is 11.5 Å². The van der Waals surface area contributed by atoms with E-state index in [1.807, 2.05) is 24.3 Å². The highest BCUT2D eigenvalue weighted by atomic mass is 19.1. The van der Waals surface area contributed by atoms with Crippen LogP contribution in [0.15, 0.2) is 42.5 Å². The minimum absolute atomic E-state index is 0.119. The Morgan fingerprint density at radius 3 is 2.29 bits per heavy atom. The van der Waals surface area contributed by atoms with Crippen molar-refractivity contribution >= 4 is 28.1 Å². The van der Waals surface area contributed by atoms with Gasteiger partial charge in [0.1, 0.15) is 49.5 Å². The average molecular weight is 492 g/mol. The fraction of sp³-hybridized carbons (Fsp3) is 0.400. The van der Waals surface area contributed by atoms with Gasteiger partial charge in [-0.1, -0.05) is 24.3 Å². The molecule has 0 aliphatic carbocycles. The van der Waals surface area contributed by atoms with E-state index in [2.05, 4.69) is 5.32 Å². The molecule has 1 aliphatic rings. The van der Waals surface area contributed by atoms with Gasteiger partial charge in [0.15, 0.2) is 0 Å². The summed E-state index contributed by atoms with van der Waals surface area (Å²) in [6.45, 7) is -2.81. The highest BCUT2D eigenvalue weighted by Crippen LogP contribution is 2.53. The zero-order valence-electron chi connectivity index (χ0n) is 19.7. The smallest absolute Gasteiger partial charge is 0.260 e. The molecule has 10 heteroatoms. The van der Waals surface area contributed by atoms with E-state index in [1.54, 1.807) is 30.1 Å². The Balaban J connectivity index is 2.04. The number of alkyl halides is 3. The number of anilines is 3. The third-order valence-corrected chi connectivity index (χ3v) is 5.72. The number of para-hydroxylation sites is 3. The Kier molecular flexibility index (Phi) is 7.82. The van der Waals surface area contributed by atoms with Crippen molar-refractivity contribution in [1.29, 1.82) is 0 Å². The van der Waals surface area contributed by atoms with Crippen LogP contribution in [-0.4, -0.2) is 64.9 Å². The molecule has 1 N–H and O–H groups in total. The second kappa shape index (κ2) is 11.0. The largest absolute Gasteiger partial charge is 0.495 e. The van der Waals surface area contributed by atoms with Crippen LogP contribution in [0.4, 0.5) is 30.4 Å². The molecule has 0 saturated carbocycles. The van der Waals surface area contributed by atoms with Crippen LogP contribution >= 0.6 is 0 Å². The summed E-state index contributed by atoms with van der Waals surface area (Å²) in [6.07, 6.45) is 0.134. The van der Waals surface area contributed by atoms with Crippen LogP contribution in [0.25, 0.3) is 10.9 Å². The molecule has 0 unspecified atom stereocenters. The SMILES string of the molecule is CNc1nc2c(OCCF)cccc2c2c1CC(OCCF)(OCCF)N2c1ccccc1OC. The van der Waals surface area contributed by atoms with Crippen molar-refractivity contribution in [2.45, 2.75) is 12.3 Å². The monoisotopic (exact) mass is 491 g/mol. The van der Waals surface area contributed by atoms with Crippen LogP contribution in [0.3, 0.4) is 0 Å². The maximum atomic E-state index is 13.3. The van der Waals surface area contributed by atoms with Crippen molar-refractivity contribution in [3.8, 4) is 11.5 Å². The third kappa shape index (κ3) is 4.55. The number of nitrogens with zero attached hydrogens (tertiary/aromatic N) is 2. The molecule has 0 amide bonds. The van der Waals surface area contributed by atoms with Gasteiger partial charge in [-0.2, -0.15) is 0 Å². The number of aromatic nitrogens is 1. The van der Waals surface area contributed by atoms with Crippen molar-refractivity contribution in [1.82, 2.24) is 4.98 Å². The van der Waals surface area contributed by atoms with Gasteiger partial charge < -0.3 is 24.3 Å². The quantitative estimate of drug-likeness (QED) is 0.360. The molecule has 3 aromatic rings. The van der Waals surface area contributed by atoms with Gasteiger partial charge in [-0.05, 0) is 18.2 Å². The maximum Gasteiger partial charge on any atom is 0.260 e. The molecular weight excluding hydrogens is 463 g/mol. The second-order valence-corrected chi connectivity index (χ2v) is 7.70. The average Bonchev–Trinajstić information content (AvgIpc) is 3.24. The standard InChI is InChI=1S/C25H28F3N3O4/c1-29-24-18-16-25(34-14-11-27,35-15-12-28)31(19-7-3-4-8-20(19)32-2)23(18)17-6-5-9-21(22(17)30-24)33-13-10-26/h3-9H,10-16H2,1-2H3,(H,29,30). The predicted octanol–water partition coefficient (Wildman–Crippen LogP) is 4.95. The lowest BCUT2D eigenvalue weighted by Gasteiger charge is -2.39. The topological polar surface area (TPSA) is 65.1 Å². The molecule has 1 aromatic heterocycles. The lowest BCUT2D eigenvalue weighted by atomic mass is 10.1. The predicted molar refractivity (Wildman–Crippen MR) is 128 cm³/mol. The summed E-state index contributed by atoms with van der Waals surface area (Å²) >= 11 is 0. The van der Waals surface area contributed by atoms with Crippen LogP contribution < -0.4 is 19.7 Å². The molecule has 0 bridgehead atoms. The van der Waals surface area contributed by atoms with Crippen molar-refractivity contribution in [2.24, 2.45) is 0 Å². The summed E-state index contributed by atoms with van der Waals surface area (Å²) in [5.41, 5.74) is 2.46. The van der Waals surface area contributed by atoms with Gasteiger partial charge in [0.05, 0.1) is 38.1 Å². The summed E-state index contributed by atoms with van der Waals surface area (Å²) in [5.74, 6) is -0.130. The number of halogens is 3. The number of hydrogen-bond acceptors (Lipinski definition) is 7. The van der Waals surface area contributed by atoms with Crippen LogP contribution in [-0.2, 0) is 15.9 Å². The highest BCUT2D eigenvalue weighted by molar-refractivity contribution is 6.02. The first-order valence-electron chi connectivity index (χ1n) is 11.3. The lowest BCUT2D eigenvalue weighted by Crippen LogP contribution is -2.50. The zero-order chi connectivity index (χ0) is 24.8. The van der Waals surface area contributed by atoms with E-state index in [0.717, 1.165) is 5.56 Å². The van der Waals surface area contributed by atoms with E-state index in [9.17, 15) is 13.2 Å². The Morgan fingerprint density at radius 1 is 0.943 bits per heavy atom. The second-order valence-electron chi connectivity index (χ2n) is 7.70. The molecular formula is C25H28F3N3O4. The Hall–Kier alpha value is -3.24. The number of nitrogens with one attached hydrogen (secondary N) is 1. The molecule has 35 heavy (non-hydrogen) atoms. The number of pyridine rings is 1. The molecule has 7 nitrogen and oxygen atoms in total. The van der Waals surface area contributed by atoms with Crippen molar-refractivity contribution < 1.29 is 32.1 Å². The highest BCUT2D eigenvalue weighted by Gasteiger charge is 2.50. The Morgan fingerprint density at radius 2 is 1.63 bits per heavy atom. The summed E-state index contributed by atoms with van der Waals surface area (Å²) < 4.78 is 62.8. The van der Waals surface area contributed by atoms with Crippen LogP contribution in [0.1, 0.15) is 5.56 Å². The lowest BCUT2D eigenvalue weighted by molar-refractivity contribution is -0.229. The number of rotatable bonds is 12. The minimum Gasteiger partial charge on any atom is -0.495 e. The zero-order valence-corrected chi connectivity index (χ0v) is 19.7. The molecule has 1 aliphatic heterocycles. The van der Waals surface area contributed by atoms with E-state index in [4.69, 9.17) is 23.9 Å². The Labute approximate surface area is 201 Å². The van der Waals surface area contributed by atoms with Gasteiger partial charge in [-0.3, -0.25) is 4.90 Å². The first-order chi connectivity index (χ1) is 17.1. The third-order valence-electron chi connectivity index (χ3n) is 5.72. The molecule has 0 atom stereocenters. The van der Waals surface area contributed by atoms with Crippen molar-refractivity contribution in [3.63, 3.8) is 0 Å². The van der Waals surface area contributed by atoms with Gasteiger partial charge in [-0.15, -0.1) is 0 Å². The van der Waals surface area contributed by atoms with E-state index in [-0.39, 0.29) is 26.2 Å². The van der Waals surface area contributed by atoms with Crippen LogP contribution in [0.2, 0.25) is 0 Å². The van der Waals surface area contributed by atoms with Gasteiger partial charge in [0.2, 0.25) is 0 Å². The van der Waals surface area contributed by atoms with E-state index in [1.165, 1.54) is 7.11 Å². The molecule has 2 aromatic carbocycles. The first-order valence-corrected chi connectivity index (χ1v) is 11.3. The molecule has 0 fully saturated rings. The van der Waals surface area contributed by atoms with E-state index >= 15 is 0 Å². The summed E-state index contributed by atoms with van der Waals surface area (Å²) in [4.78, 5) is 6.50. The molecule has 4 rings (SSSR count). The molecule has 2 heterocycles. The van der Waals surface area contributed by atoms with Gasteiger partial charge >= 0.3 is 0 Å². The minimum atomic E-state index is -1.56. The van der Waals surface area contributed by atoms with E-state index in [0.29, 0.717) is 39.6 Å². The van der Waals surface area contributed by atoms with Crippen LogP contribution in [0, 0.1) is 0 Å². The summed E-state index contributed by atoms with van der Waals surface area (Å²) in [5, 5.41) is 3.77. The molecule has 188 valence electrons. The fourth-order valence-corrected chi connectivity index (χ4v) is 4.44. The molecule has 0 spiro atoms. The normalized spacial score (nSPS) is 14.3. The fourth-order valence-electron chi connectivity index (χ4n) is 4.44. The van der Waals surface area contributed by atoms with Crippen molar-refractivity contribution in [3.05, 3.63) is 48.0 Å². The molecule has 0 saturated heterocycles. The molecule has 0 radical (unpaired) electrons. The van der Waals surface area contributed by atoms with Crippen molar-refractivity contribution in [2.75, 3.05) is 64.2 Å². The maximum absolute atomic E-state index is 13.3. The summed E-state index contributed by atoms with van der Waals surface area (Å²) in [6, 6.07) is 12.6.